The fourth-order valence-electron chi connectivity index (χ4n) is 0.587. The highest BCUT2D eigenvalue weighted by molar-refractivity contribution is 7.87. The molecule has 1 aliphatic heterocycles. The van der Waals surface area contributed by atoms with Gasteiger partial charge in [-0.15, -0.1) is 4.83 Å². The summed E-state index contributed by atoms with van der Waals surface area (Å²) < 4.78 is 20.5. The molecule has 1 saturated heterocycles. The standard InChI is InChI=1S/C3H9N3O2S/c4-9(7,8)5-6-2-1-3-6/h5H,1-3H2,(H2,4,7,8). The molecule has 0 unspecified atom stereocenters. The van der Waals surface area contributed by atoms with Crippen molar-refractivity contribution in [1.82, 2.24) is 9.84 Å². The summed E-state index contributed by atoms with van der Waals surface area (Å²) in [7, 11) is -3.51. The quantitative estimate of drug-likeness (QED) is 0.499. The first kappa shape index (κ1) is 6.94. The lowest BCUT2D eigenvalue weighted by atomic mass is 10.3. The van der Waals surface area contributed by atoms with E-state index in [2.05, 4.69) is 9.97 Å². The van der Waals surface area contributed by atoms with E-state index in [9.17, 15) is 8.42 Å². The van der Waals surface area contributed by atoms with Crippen LogP contribution in [0.4, 0.5) is 0 Å². The Morgan fingerprint density at radius 1 is 1.44 bits per heavy atom. The third kappa shape index (κ3) is 2.27. The number of hydrogen-bond donors (Lipinski definition) is 2. The van der Waals surface area contributed by atoms with Gasteiger partial charge in [0.15, 0.2) is 0 Å². The monoisotopic (exact) mass is 151 g/mol. The van der Waals surface area contributed by atoms with E-state index in [-0.39, 0.29) is 0 Å². The van der Waals surface area contributed by atoms with Crippen molar-refractivity contribution < 1.29 is 8.42 Å². The van der Waals surface area contributed by atoms with Gasteiger partial charge in [0.05, 0.1) is 0 Å². The van der Waals surface area contributed by atoms with Crippen LogP contribution in [-0.4, -0.2) is 26.5 Å². The van der Waals surface area contributed by atoms with Crippen molar-refractivity contribution in [3.05, 3.63) is 0 Å². The summed E-state index contributed by atoms with van der Waals surface area (Å²) >= 11 is 0. The zero-order valence-electron chi connectivity index (χ0n) is 4.87. The third-order valence-electron chi connectivity index (χ3n) is 1.11. The lowest BCUT2D eigenvalue weighted by molar-refractivity contribution is 0.152. The van der Waals surface area contributed by atoms with Crippen molar-refractivity contribution in [2.45, 2.75) is 6.42 Å². The molecule has 0 aliphatic carbocycles. The highest BCUT2D eigenvalue weighted by atomic mass is 32.2. The average molecular weight is 151 g/mol. The van der Waals surface area contributed by atoms with Crippen LogP contribution in [0.1, 0.15) is 6.42 Å². The maximum absolute atomic E-state index is 10.3. The second-order valence-electron chi connectivity index (χ2n) is 1.98. The minimum Gasteiger partial charge on any atom is -0.230 e. The van der Waals surface area contributed by atoms with E-state index in [4.69, 9.17) is 0 Å². The normalized spacial score (nSPS) is 21.4. The van der Waals surface area contributed by atoms with Gasteiger partial charge in [-0.05, 0) is 6.42 Å². The van der Waals surface area contributed by atoms with Gasteiger partial charge >= 0.3 is 0 Å². The number of nitrogens with zero attached hydrogens (tertiary/aromatic N) is 1. The summed E-state index contributed by atoms with van der Waals surface area (Å²) in [6, 6.07) is 0. The van der Waals surface area contributed by atoms with Crippen LogP contribution in [0.3, 0.4) is 0 Å². The van der Waals surface area contributed by atoms with Crippen molar-refractivity contribution >= 4 is 10.2 Å². The molecule has 0 bridgehead atoms. The van der Waals surface area contributed by atoms with Gasteiger partial charge in [0.2, 0.25) is 0 Å². The van der Waals surface area contributed by atoms with E-state index in [1.165, 1.54) is 0 Å². The van der Waals surface area contributed by atoms with Crippen LogP contribution in [0.5, 0.6) is 0 Å². The molecule has 0 radical (unpaired) electrons. The molecule has 1 aliphatic rings. The Morgan fingerprint density at radius 3 is 2.11 bits per heavy atom. The second-order valence-corrected chi connectivity index (χ2v) is 3.25. The van der Waals surface area contributed by atoms with Crippen LogP contribution < -0.4 is 9.97 Å². The maximum Gasteiger partial charge on any atom is 0.287 e. The molecule has 1 heterocycles. The van der Waals surface area contributed by atoms with Gasteiger partial charge in [0, 0.05) is 13.1 Å². The number of nitrogens with two attached hydrogens (primary N) is 1. The van der Waals surface area contributed by atoms with E-state index < -0.39 is 10.2 Å². The maximum atomic E-state index is 10.3. The Balaban J connectivity index is 2.33. The van der Waals surface area contributed by atoms with E-state index in [0.29, 0.717) is 0 Å². The van der Waals surface area contributed by atoms with Crippen LogP contribution >= 0.6 is 0 Å². The molecule has 0 aromatic carbocycles. The fraction of sp³-hybridized carbons (Fsp3) is 1.00. The van der Waals surface area contributed by atoms with Crippen molar-refractivity contribution in [2.75, 3.05) is 13.1 Å². The van der Waals surface area contributed by atoms with Gasteiger partial charge in [-0.2, -0.15) is 8.42 Å². The van der Waals surface area contributed by atoms with E-state index in [1.807, 2.05) is 0 Å². The highest BCUT2D eigenvalue weighted by Gasteiger charge is 2.16. The minimum atomic E-state index is -3.51. The third-order valence-corrected chi connectivity index (χ3v) is 1.63. The Hall–Kier alpha value is -0.170. The van der Waals surface area contributed by atoms with Crippen LogP contribution in [0, 0.1) is 0 Å². The minimum absolute atomic E-state index is 0.760. The largest absolute Gasteiger partial charge is 0.287 e. The molecular weight excluding hydrogens is 142 g/mol. The van der Waals surface area contributed by atoms with E-state index in [1.54, 1.807) is 5.01 Å². The van der Waals surface area contributed by atoms with Crippen molar-refractivity contribution in [1.29, 1.82) is 0 Å². The predicted molar refractivity (Wildman–Crippen MR) is 32.4 cm³/mol. The fourth-order valence-corrected chi connectivity index (χ4v) is 1.13. The molecule has 1 rings (SSSR count). The number of hydrazine groups is 1. The molecule has 54 valence electrons. The zero-order valence-corrected chi connectivity index (χ0v) is 5.69. The summed E-state index contributed by atoms with van der Waals surface area (Å²) in [6.07, 6.45) is 1.03. The smallest absolute Gasteiger partial charge is 0.230 e. The lowest BCUT2D eigenvalue weighted by Crippen LogP contribution is -2.52. The van der Waals surface area contributed by atoms with Crippen LogP contribution in [-0.2, 0) is 10.2 Å². The van der Waals surface area contributed by atoms with Gasteiger partial charge < -0.3 is 0 Å². The Morgan fingerprint density at radius 2 is 2.00 bits per heavy atom. The molecule has 3 N–H and O–H groups in total. The molecule has 9 heavy (non-hydrogen) atoms. The molecule has 6 heteroatoms. The van der Waals surface area contributed by atoms with Crippen molar-refractivity contribution in [3.63, 3.8) is 0 Å². The summed E-state index contributed by atoms with van der Waals surface area (Å²) in [6.45, 7) is 1.52. The molecule has 0 aromatic heterocycles. The van der Waals surface area contributed by atoms with E-state index >= 15 is 0 Å². The van der Waals surface area contributed by atoms with E-state index in [0.717, 1.165) is 19.5 Å². The highest BCUT2D eigenvalue weighted by Crippen LogP contribution is 2.00. The Bertz CT molecular complexity index is 183. The number of hydrogen-bond acceptors (Lipinski definition) is 3. The van der Waals surface area contributed by atoms with Gasteiger partial charge in [-0.25, -0.2) is 10.1 Å². The average Bonchev–Trinajstić information content (AvgIpc) is 1.53. The molecular formula is C3H9N3O2S. The number of nitrogens with one attached hydrogen (secondary N) is 1. The lowest BCUT2D eigenvalue weighted by Gasteiger charge is -2.29. The topological polar surface area (TPSA) is 75.4 Å². The molecule has 0 spiro atoms. The molecule has 0 amide bonds. The van der Waals surface area contributed by atoms with Crippen LogP contribution in [0.25, 0.3) is 0 Å². The molecule has 0 saturated carbocycles. The number of rotatable bonds is 2. The van der Waals surface area contributed by atoms with Crippen molar-refractivity contribution in [3.8, 4) is 0 Å². The zero-order chi connectivity index (χ0) is 6.91. The summed E-state index contributed by atoms with van der Waals surface area (Å²) in [5.74, 6) is 0. The van der Waals surface area contributed by atoms with Crippen molar-refractivity contribution in [2.24, 2.45) is 5.14 Å². The summed E-state index contributed by atoms with van der Waals surface area (Å²) in [5, 5.41) is 6.22. The first-order chi connectivity index (χ1) is 4.08. The predicted octanol–water partition coefficient (Wildman–Crippen LogP) is -1.60. The van der Waals surface area contributed by atoms with Crippen LogP contribution in [0.2, 0.25) is 0 Å². The second kappa shape index (κ2) is 2.22. The first-order valence-corrected chi connectivity index (χ1v) is 4.18. The van der Waals surface area contributed by atoms with Gasteiger partial charge in [-0.3, -0.25) is 0 Å². The Kier molecular flexibility index (Phi) is 1.71. The van der Waals surface area contributed by atoms with Gasteiger partial charge in [-0.1, -0.05) is 0 Å². The molecule has 0 atom stereocenters. The Labute approximate surface area is 54.0 Å². The molecule has 1 fully saturated rings. The summed E-state index contributed by atoms with van der Waals surface area (Å²) in [4.78, 5) is 2.14. The van der Waals surface area contributed by atoms with Crippen LogP contribution in [0.15, 0.2) is 0 Å². The molecule has 0 aromatic rings. The SMILES string of the molecule is NS(=O)(=O)NN1CCC1. The van der Waals surface area contributed by atoms with Gasteiger partial charge in [0.25, 0.3) is 10.2 Å². The first-order valence-electron chi connectivity index (χ1n) is 2.63. The molecule has 5 nitrogen and oxygen atoms in total. The van der Waals surface area contributed by atoms with Gasteiger partial charge in [0.1, 0.15) is 0 Å². The summed E-state index contributed by atoms with van der Waals surface area (Å²) in [5.41, 5.74) is 0.